The largest absolute Gasteiger partial charge is 0.0993 e. The van der Waals surface area contributed by atoms with Gasteiger partial charge in [-0.1, -0.05) is 45.1 Å². The summed E-state index contributed by atoms with van der Waals surface area (Å²) in [7, 11) is 0. The summed E-state index contributed by atoms with van der Waals surface area (Å²) in [6, 6.07) is 0. The Kier molecular flexibility index (Phi) is 1.38. The van der Waals surface area contributed by atoms with Gasteiger partial charge in [0.25, 0.3) is 0 Å². The Labute approximate surface area is 75.4 Å². The van der Waals surface area contributed by atoms with Crippen molar-refractivity contribution in [3.8, 4) is 0 Å². The van der Waals surface area contributed by atoms with Gasteiger partial charge in [-0.3, -0.25) is 0 Å². The van der Waals surface area contributed by atoms with Crippen LogP contribution in [0.2, 0.25) is 0 Å². The van der Waals surface area contributed by atoms with Gasteiger partial charge >= 0.3 is 0 Å². The van der Waals surface area contributed by atoms with Crippen molar-refractivity contribution in [2.45, 2.75) is 33.6 Å². The number of allylic oxidation sites excluding steroid dienone is 3. The van der Waals surface area contributed by atoms with E-state index in [1.54, 1.807) is 0 Å². The lowest BCUT2D eigenvalue weighted by atomic mass is 9.82. The topological polar surface area (TPSA) is 0 Å². The molecule has 0 bridgehead atoms. The maximum Gasteiger partial charge on any atom is -0.00498 e. The van der Waals surface area contributed by atoms with E-state index in [0.717, 1.165) is 12.3 Å². The lowest BCUT2D eigenvalue weighted by molar-refractivity contribution is 0.450. The normalized spacial score (nSPS) is 43.6. The van der Waals surface area contributed by atoms with Gasteiger partial charge in [0, 0.05) is 0 Å². The average Bonchev–Trinajstić information content (AvgIpc) is 2.58. The van der Waals surface area contributed by atoms with E-state index in [0.29, 0.717) is 10.8 Å². The zero-order valence-electron chi connectivity index (χ0n) is 8.35. The van der Waals surface area contributed by atoms with E-state index in [1.807, 2.05) is 0 Å². The van der Waals surface area contributed by atoms with Gasteiger partial charge in [-0.15, -0.1) is 0 Å². The van der Waals surface area contributed by atoms with Crippen molar-refractivity contribution >= 4 is 0 Å². The molecule has 0 aromatic carbocycles. The second-order valence-corrected chi connectivity index (χ2v) is 5.36. The third-order valence-corrected chi connectivity index (χ3v) is 3.56. The van der Waals surface area contributed by atoms with Gasteiger partial charge in [0.05, 0.1) is 0 Å². The predicted molar refractivity (Wildman–Crippen MR) is 52.9 cm³/mol. The third-order valence-electron chi connectivity index (χ3n) is 3.56. The molecule has 0 radical (unpaired) electrons. The molecule has 0 unspecified atom stereocenters. The first-order valence-corrected chi connectivity index (χ1v) is 4.82. The molecule has 2 rings (SSSR count). The molecule has 0 saturated heterocycles. The molecule has 12 heavy (non-hydrogen) atoms. The summed E-state index contributed by atoms with van der Waals surface area (Å²) >= 11 is 0. The molecule has 0 nitrogen and oxygen atoms in total. The van der Waals surface area contributed by atoms with Gasteiger partial charge in [0.2, 0.25) is 0 Å². The molecule has 2 atom stereocenters. The van der Waals surface area contributed by atoms with Crippen LogP contribution in [0.25, 0.3) is 0 Å². The van der Waals surface area contributed by atoms with E-state index in [1.165, 1.54) is 12.0 Å². The van der Waals surface area contributed by atoms with E-state index >= 15 is 0 Å². The van der Waals surface area contributed by atoms with Gasteiger partial charge in [0.15, 0.2) is 0 Å². The fourth-order valence-electron chi connectivity index (χ4n) is 2.27. The molecule has 2 aliphatic rings. The summed E-state index contributed by atoms with van der Waals surface area (Å²) in [5, 5.41) is 0. The predicted octanol–water partition coefficient (Wildman–Crippen LogP) is 3.55. The number of rotatable bonds is 0. The standard InChI is InChI=1S/C12H18/c1-9-7-11(2,3)6-5-10-8-12(9,10)4/h5-6,10H,1,7-8H2,2-4H3/t10-,12-/m0/s1. The molecule has 66 valence electrons. The van der Waals surface area contributed by atoms with Gasteiger partial charge < -0.3 is 0 Å². The van der Waals surface area contributed by atoms with Gasteiger partial charge in [0.1, 0.15) is 0 Å². The lowest BCUT2D eigenvalue weighted by Gasteiger charge is -2.22. The maximum absolute atomic E-state index is 4.22. The van der Waals surface area contributed by atoms with Crippen molar-refractivity contribution in [2.24, 2.45) is 16.7 Å². The first kappa shape index (κ1) is 8.10. The molecule has 1 fully saturated rings. The molecule has 1 saturated carbocycles. The smallest absolute Gasteiger partial charge is 0.00498 e. The molecule has 0 aliphatic heterocycles. The van der Waals surface area contributed by atoms with Crippen molar-refractivity contribution in [3.05, 3.63) is 24.3 Å². The summed E-state index contributed by atoms with van der Waals surface area (Å²) < 4.78 is 0. The van der Waals surface area contributed by atoms with E-state index in [2.05, 4.69) is 39.5 Å². The molecular formula is C12H18. The highest BCUT2D eigenvalue weighted by molar-refractivity contribution is 5.30. The minimum absolute atomic E-state index is 0.341. The first-order chi connectivity index (χ1) is 5.44. The van der Waals surface area contributed by atoms with Crippen molar-refractivity contribution in [2.75, 3.05) is 0 Å². The van der Waals surface area contributed by atoms with Crippen molar-refractivity contribution < 1.29 is 0 Å². The Balaban J connectivity index is 2.29. The Bertz CT molecular complexity index is 257. The fourth-order valence-corrected chi connectivity index (χ4v) is 2.27. The van der Waals surface area contributed by atoms with Crippen LogP contribution in [0.3, 0.4) is 0 Å². The van der Waals surface area contributed by atoms with E-state index < -0.39 is 0 Å². The quantitative estimate of drug-likeness (QED) is 0.478. The van der Waals surface area contributed by atoms with E-state index in [-0.39, 0.29) is 0 Å². The molecule has 0 aromatic heterocycles. The molecule has 0 heteroatoms. The van der Waals surface area contributed by atoms with Crippen molar-refractivity contribution in [1.82, 2.24) is 0 Å². The monoisotopic (exact) mass is 162 g/mol. The van der Waals surface area contributed by atoms with Crippen molar-refractivity contribution in [1.29, 1.82) is 0 Å². The highest BCUT2D eigenvalue weighted by Gasteiger charge is 2.52. The first-order valence-electron chi connectivity index (χ1n) is 4.82. The van der Waals surface area contributed by atoms with Crippen LogP contribution in [0.4, 0.5) is 0 Å². The van der Waals surface area contributed by atoms with Crippen LogP contribution in [0.15, 0.2) is 24.3 Å². The van der Waals surface area contributed by atoms with Crippen LogP contribution < -0.4 is 0 Å². The van der Waals surface area contributed by atoms with Crippen LogP contribution >= 0.6 is 0 Å². The maximum atomic E-state index is 4.22. The average molecular weight is 162 g/mol. The van der Waals surface area contributed by atoms with Crippen LogP contribution in [-0.2, 0) is 0 Å². The minimum Gasteiger partial charge on any atom is -0.0993 e. The molecule has 0 N–H and O–H groups in total. The van der Waals surface area contributed by atoms with E-state index in [9.17, 15) is 0 Å². The summed E-state index contributed by atoms with van der Waals surface area (Å²) in [6.45, 7) is 11.2. The number of hydrogen-bond acceptors (Lipinski definition) is 0. The SMILES string of the molecule is C=C1CC(C)(C)C=C[C@H]2C[C@@]12C. The van der Waals surface area contributed by atoms with Gasteiger partial charge in [-0.25, -0.2) is 0 Å². The van der Waals surface area contributed by atoms with Gasteiger partial charge in [-0.05, 0) is 29.6 Å². The highest BCUT2D eigenvalue weighted by Crippen LogP contribution is 2.61. The summed E-state index contributed by atoms with van der Waals surface area (Å²) in [4.78, 5) is 0. The molecule has 0 heterocycles. The lowest BCUT2D eigenvalue weighted by Crippen LogP contribution is -2.10. The fraction of sp³-hybridized carbons (Fsp3) is 0.667. The van der Waals surface area contributed by atoms with Crippen LogP contribution in [0, 0.1) is 16.7 Å². The number of fused-ring (bicyclic) bond motifs is 1. The third kappa shape index (κ3) is 1.05. The van der Waals surface area contributed by atoms with Crippen LogP contribution in [0.1, 0.15) is 33.6 Å². The second kappa shape index (κ2) is 2.04. The van der Waals surface area contributed by atoms with E-state index in [4.69, 9.17) is 0 Å². The summed E-state index contributed by atoms with van der Waals surface area (Å²) in [6.07, 6.45) is 7.27. The molecule has 0 spiro atoms. The molecule has 0 amide bonds. The van der Waals surface area contributed by atoms with Crippen molar-refractivity contribution in [3.63, 3.8) is 0 Å². The van der Waals surface area contributed by atoms with Crippen LogP contribution in [0.5, 0.6) is 0 Å². The molecular weight excluding hydrogens is 144 g/mol. The van der Waals surface area contributed by atoms with Crippen LogP contribution in [-0.4, -0.2) is 0 Å². The zero-order valence-corrected chi connectivity index (χ0v) is 8.35. The Morgan fingerprint density at radius 1 is 1.42 bits per heavy atom. The Morgan fingerprint density at radius 2 is 2.08 bits per heavy atom. The Hall–Kier alpha value is -0.520. The number of hydrogen-bond donors (Lipinski definition) is 0. The summed E-state index contributed by atoms with van der Waals surface area (Å²) in [5.74, 6) is 0.798. The molecule has 0 aromatic rings. The highest BCUT2D eigenvalue weighted by atomic mass is 14.6. The molecule has 2 aliphatic carbocycles. The second-order valence-electron chi connectivity index (χ2n) is 5.36. The minimum atomic E-state index is 0.341. The van der Waals surface area contributed by atoms with Gasteiger partial charge in [-0.2, -0.15) is 0 Å². The zero-order chi connectivity index (χ0) is 8.98. The summed E-state index contributed by atoms with van der Waals surface area (Å²) in [5.41, 5.74) is 2.26. The Morgan fingerprint density at radius 3 is 2.75 bits per heavy atom.